The summed E-state index contributed by atoms with van der Waals surface area (Å²) in [6, 6.07) is 18.2. The zero-order valence-electron chi connectivity index (χ0n) is 20.1. The van der Waals surface area contributed by atoms with Crippen LogP contribution in [0.15, 0.2) is 71.8 Å². The first-order valence-corrected chi connectivity index (χ1v) is 11.5. The molecule has 0 unspecified atom stereocenters. The molecule has 37 heavy (non-hydrogen) atoms. The van der Waals surface area contributed by atoms with Gasteiger partial charge in [0.2, 0.25) is 0 Å². The minimum atomic E-state index is -0.957. The average molecular weight is 525 g/mol. The molecule has 3 rings (SSSR count). The van der Waals surface area contributed by atoms with Crippen molar-refractivity contribution in [1.29, 1.82) is 0 Å². The van der Waals surface area contributed by atoms with E-state index < -0.39 is 11.8 Å². The quantitative estimate of drug-likeness (QED) is 0.210. The SMILES string of the molecule is CCOc1ccc(NC(=O)COc2ccc(/C=N\NC(=O)C(=O)Nc3cccc(Cl)c3)cc2OC)cc1. The molecule has 0 saturated heterocycles. The highest BCUT2D eigenvalue weighted by molar-refractivity contribution is 6.39. The van der Waals surface area contributed by atoms with Gasteiger partial charge in [-0.2, -0.15) is 5.10 Å². The number of hydrazone groups is 1. The summed E-state index contributed by atoms with van der Waals surface area (Å²) in [7, 11) is 1.45. The monoisotopic (exact) mass is 524 g/mol. The fourth-order valence-electron chi connectivity index (χ4n) is 3.00. The van der Waals surface area contributed by atoms with Crippen molar-refractivity contribution in [3.05, 3.63) is 77.3 Å². The van der Waals surface area contributed by atoms with Crippen LogP contribution in [0.3, 0.4) is 0 Å². The van der Waals surface area contributed by atoms with Crippen molar-refractivity contribution in [2.45, 2.75) is 6.92 Å². The van der Waals surface area contributed by atoms with E-state index >= 15 is 0 Å². The molecule has 10 nitrogen and oxygen atoms in total. The highest BCUT2D eigenvalue weighted by Gasteiger charge is 2.13. The Kier molecular flexibility index (Phi) is 9.86. The standard InChI is InChI=1S/C26H25ClN4O6/c1-3-36-21-10-8-19(9-11-21)29-24(32)16-37-22-12-7-17(13-23(22)35-2)15-28-31-26(34)25(33)30-20-6-4-5-18(27)14-20/h4-15H,3,16H2,1-2H3,(H,29,32)(H,30,33)(H,31,34)/b28-15-. The van der Waals surface area contributed by atoms with Crippen LogP contribution in [0.5, 0.6) is 17.2 Å². The second-order valence-corrected chi connectivity index (χ2v) is 7.80. The van der Waals surface area contributed by atoms with Gasteiger partial charge in [0, 0.05) is 16.4 Å². The number of ether oxygens (including phenoxy) is 3. The number of hydrogen-bond acceptors (Lipinski definition) is 7. The maximum Gasteiger partial charge on any atom is 0.329 e. The number of amides is 3. The summed E-state index contributed by atoms with van der Waals surface area (Å²) >= 11 is 5.86. The molecule has 3 aromatic rings. The van der Waals surface area contributed by atoms with E-state index in [2.05, 4.69) is 21.2 Å². The molecule has 0 aliphatic heterocycles. The Labute approximate surface area is 218 Å². The van der Waals surface area contributed by atoms with Gasteiger partial charge in [-0.1, -0.05) is 17.7 Å². The highest BCUT2D eigenvalue weighted by atomic mass is 35.5. The lowest BCUT2D eigenvalue weighted by atomic mass is 10.2. The van der Waals surface area contributed by atoms with E-state index in [0.29, 0.717) is 45.8 Å². The van der Waals surface area contributed by atoms with Gasteiger partial charge in [0.15, 0.2) is 18.1 Å². The Morgan fingerprint density at radius 1 is 0.892 bits per heavy atom. The third kappa shape index (κ3) is 8.55. The van der Waals surface area contributed by atoms with Crippen molar-refractivity contribution >= 4 is 46.9 Å². The zero-order valence-corrected chi connectivity index (χ0v) is 20.9. The van der Waals surface area contributed by atoms with Gasteiger partial charge in [0.1, 0.15) is 5.75 Å². The molecule has 0 bridgehead atoms. The topological polar surface area (TPSA) is 127 Å². The van der Waals surface area contributed by atoms with Crippen molar-refractivity contribution in [2.75, 3.05) is 31.0 Å². The Morgan fingerprint density at radius 3 is 2.38 bits per heavy atom. The second kappa shape index (κ2) is 13.5. The number of rotatable bonds is 10. The largest absolute Gasteiger partial charge is 0.494 e. The molecule has 192 valence electrons. The van der Waals surface area contributed by atoms with Crippen molar-refractivity contribution < 1.29 is 28.6 Å². The molecule has 0 heterocycles. The Balaban J connectivity index is 1.50. The molecular formula is C26H25ClN4O6. The summed E-state index contributed by atoms with van der Waals surface area (Å²) in [6.07, 6.45) is 1.33. The molecule has 3 aromatic carbocycles. The lowest BCUT2D eigenvalue weighted by Gasteiger charge is -2.12. The van der Waals surface area contributed by atoms with Crippen molar-refractivity contribution in [3.8, 4) is 17.2 Å². The predicted molar refractivity (Wildman–Crippen MR) is 141 cm³/mol. The number of nitrogens with zero attached hydrogens (tertiary/aromatic N) is 1. The number of methoxy groups -OCH3 is 1. The molecule has 3 amide bonds. The van der Waals surface area contributed by atoms with Crippen molar-refractivity contribution in [2.24, 2.45) is 5.10 Å². The van der Waals surface area contributed by atoms with Gasteiger partial charge >= 0.3 is 11.8 Å². The third-order valence-corrected chi connectivity index (χ3v) is 4.90. The normalized spacial score (nSPS) is 10.5. The molecule has 0 aliphatic carbocycles. The number of carbonyl (C=O) groups is 3. The molecule has 11 heteroatoms. The predicted octanol–water partition coefficient (Wildman–Crippen LogP) is 3.85. The van der Waals surface area contributed by atoms with E-state index in [1.54, 1.807) is 60.7 Å². The van der Waals surface area contributed by atoms with E-state index in [-0.39, 0.29) is 12.5 Å². The number of carbonyl (C=O) groups excluding carboxylic acids is 3. The summed E-state index contributed by atoms with van der Waals surface area (Å²) in [5.41, 5.74) is 3.69. The van der Waals surface area contributed by atoms with Crippen LogP contribution in [0.4, 0.5) is 11.4 Å². The van der Waals surface area contributed by atoms with Crippen LogP contribution < -0.4 is 30.3 Å². The van der Waals surface area contributed by atoms with Crippen LogP contribution in [0, 0.1) is 0 Å². The van der Waals surface area contributed by atoms with Crippen LogP contribution >= 0.6 is 11.6 Å². The van der Waals surface area contributed by atoms with Gasteiger partial charge < -0.3 is 24.8 Å². The number of nitrogens with one attached hydrogen (secondary N) is 3. The summed E-state index contributed by atoms with van der Waals surface area (Å²) < 4.78 is 16.3. The smallest absolute Gasteiger partial charge is 0.329 e. The lowest BCUT2D eigenvalue weighted by Crippen LogP contribution is -2.32. The number of halogens is 1. The van der Waals surface area contributed by atoms with E-state index in [9.17, 15) is 14.4 Å². The lowest BCUT2D eigenvalue weighted by molar-refractivity contribution is -0.136. The molecule has 0 atom stereocenters. The first kappa shape index (κ1) is 27.0. The molecule has 0 aromatic heterocycles. The number of benzene rings is 3. The summed E-state index contributed by atoms with van der Waals surface area (Å²) in [5, 5.41) is 9.36. The number of anilines is 2. The van der Waals surface area contributed by atoms with Crippen LogP contribution in [-0.2, 0) is 14.4 Å². The summed E-state index contributed by atoms with van der Waals surface area (Å²) in [6.45, 7) is 2.21. The van der Waals surface area contributed by atoms with E-state index in [1.807, 2.05) is 6.92 Å². The van der Waals surface area contributed by atoms with E-state index in [1.165, 1.54) is 19.4 Å². The highest BCUT2D eigenvalue weighted by Crippen LogP contribution is 2.27. The van der Waals surface area contributed by atoms with Gasteiger partial charge in [-0.15, -0.1) is 0 Å². The Morgan fingerprint density at radius 2 is 1.68 bits per heavy atom. The minimum absolute atomic E-state index is 0.241. The molecular weight excluding hydrogens is 500 g/mol. The van der Waals surface area contributed by atoms with Crippen LogP contribution in [0.1, 0.15) is 12.5 Å². The van der Waals surface area contributed by atoms with Crippen LogP contribution in [0.25, 0.3) is 0 Å². The number of hydrogen-bond donors (Lipinski definition) is 3. The molecule has 0 radical (unpaired) electrons. The summed E-state index contributed by atoms with van der Waals surface area (Å²) in [5.74, 6) is -0.804. The summed E-state index contributed by atoms with van der Waals surface area (Å²) in [4.78, 5) is 36.2. The molecule has 0 aliphatic rings. The fraction of sp³-hybridized carbons (Fsp3) is 0.154. The molecule has 3 N–H and O–H groups in total. The zero-order chi connectivity index (χ0) is 26.6. The Hall–Kier alpha value is -4.57. The van der Waals surface area contributed by atoms with Gasteiger partial charge in [0.25, 0.3) is 5.91 Å². The Bertz CT molecular complexity index is 1280. The maximum atomic E-state index is 12.2. The van der Waals surface area contributed by atoms with Crippen LogP contribution in [-0.4, -0.2) is 44.3 Å². The molecule has 0 fully saturated rings. The van der Waals surface area contributed by atoms with Gasteiger partial charge in [-0.25, -0.2) is 5.43 Å². The average Bonchev–Trinajstić information content (AvgIpc) is 2.89. The molecule has 0 saturated carbocycles. The molecule has 0 spiro atoms. The third-order valence-electron chi connectivity index (χ3n) is 4.66. The first-order chi connectivity index (χ1) is 17.9. The minimum Gasteiger partial charge on any atom is -0.494 e. The van der Waals surface area contributed by atoms with Gasteiger partial charge in [0.05, 0.1) is 19.9 Å². The van der Waals surface area contributed by atoms with E-state index in [4.69, 9.17) is 25.8 Å². The second-order valence-electron chi connectivity index (χ2n) is 7.37. The van der Waals surface area contributed by atoms with Crippen molar-refractivity contribution in [1.82, 2.24) is 5.43 Å². The van der Waals surface area contributed by atoms with Gasteiger partial charge in [-0.05, 0) is 73.2 Å². The first-order valence-electron chi connectivity index (χ1n) is 11.1. The maximum absolute atomic E-state index is 12.2. The van der Waals surface area contributed by atoms with Gasteiger partial charge in [-0.3, -0.25) is 14.4 Å². The van der Waals surface area contributed by atoms with Crippen molar-refractivity contribution in [3.63, 3.8) is 0 Å². The van der Waals surface area contributed by atoms with Crippen LogP contribution in [0.2, 0.25) is 5.02 Å². The fourth-order valence-corrected chi connectivity index (χ4v) is 3.19. The van der Waals surface area contributed by atoms with E-state index in [0.717, 1.165) is 0 Å².